The van der Waals surface area contributed by atoms with Crippen LogP contribution in [-0.2, 0) is 99.4 Å². The van der Waals surface area contributed by atoms with Crippen molar-refractivity contribution in [3.05, 3.63) is 266 Å². The molecule has 5 aliphatic rings. The van der Waals surface area contributed by atoms with Gasteiger partial charge >= 0.3 is 0 Å². The van der Waals surface area contributed by atoms with E-state index in [1.165, 1.54) is 174 Å². The van der Waals surface area contributed by atoms with Gasteiger partial charge in [0.1, 0.15) is 35.2 Å². The van der Waals surface area contributed by atoms with Crippen LogP contribution in [0.1, 0.15) is 175 Å². The molecule has 0 amide bonds. The van der Waals surface area contributed by atoms with Crippen molar-refractivity contribution in [2.24, 2.45) is 35.2 Å². The average Bonchev–Trinajstić information content (AvgIpc) is 0.964. The maximum Gasteiger partial charge on any atom is 0.216 e. The zero-order valence-corrected chi connectivity index (χ0v) is 54.6. The first kappa shape index (κ1) is 70.7. The Bertz CT molecular complexity index is 4230. The second-order valence-electron chi connectivity index (χ2n) is 25.6. The lowest BCUT2D eigenvalue weighted by Crippen LogP contribution is -2.33. The zero-order chi connectivity index (χ0) is 63.1. The van der Waals surface area contributed by atoms with Crippen LogP contribution >= 0.6 is 0 Å². The summed E-state index contributed by atoms with van der Waals surface area (Å²) in [5.41, 5.74) is 34.3. The summed E-state index contributed by atoms with van der Waals surface area (Å²) < 4.78 is 27.7. The zero-order valence-electron chi connectivity index (χ0n) is 56.6. The van der Waals surface area contributed by atoms with Crippen LogP contribution in [0.2, 0.25) is 0 Å². The van der Waals surface area contributed by atoms with Crippen LogP contribution < -0.4 is 22.8 Å². The van der Waals surface area contributed by atoms with E-state index in [9.17, 15) is 0 Å². The molecule has 0 radical (unpaired) electrons. The summed E-state index contributed by atoms with van der Waals surface area (Å²) in [6.07, 6.45) is 30.4. The quantitative estimate of drug-likeness (QED) is 0.153. The van der Waals surface area contributed by atoms with E-state index < -0.39 is 6.37 Å². The molecule has 488 valence electrons. The summed E-state index contributed by atoms with van der Waals surface area (Å²) in [4.78, 5) is 0. The Morgan fingerprint density at radius 2 is 0.538 bits per heavy atom. The Kier molecular flexibility index (Phi) is 26.0. The minimum atomic E-state index is -1.20. The number of rotatable bonds is 5. The van der Waals surface area contributed by atoms with Gasteiger partial charge < -0.3 is 0 Å². The summed E-state index contributed by atoms with van der Waals surface area (Å²) in [5, 5.41) is 0. The molecule has 0 saturated heterocycles. The van der Waals surface area contributed by atoms with Crippen molar-refractivity contribution >= 4 is 0 Å². The van der Waals surface area contributed by atoms with Crippen molar-refractivity contribution in [1.29, 1.82) is 0 Å². The Balaban J connectivity index is 0.000000186. The van der Waals surface area contributed by atoms with Crippen LogP contribution in [0, 0.1) is 34.6 Å². The monoisotopic (exact) mass is 1240 g/mol. The minimum absolute atomic E-state index is 0. The average molecular weight is 1250 g/mol. The molecule has 0 fully saturated rings. The number of aromatic nitrogens is 5. The Morgan fingerprint density at radius 1 is 0.269 bits per heavy atom. The summed E-state index contributed by atoms with van der Waals surface area (Å²) in [7, 11) is 10.7. The van der Waals surface area contributed by atoms with Crippen LogP contribution in [0.25, 0.3) is 56.3 Å². The number of pyridine rings is 5. The first-order valence-corrected chi connectivity index (χ1v) is 32.9. The topological polar surface area (TPSA) is 19.4 Å². The van der Waals surface area contributed by atoms with Gasteiger partial charge in [-0.2, -0.15) is 0 Å². The van der Waals surface area contributed by atoms with E-state index in [-0.39, 0.29) is 37.1 Å². The predicted molar refractivity (Wildman–Crippen MR) is 397 cm³/mol. The maximum absolute atomic E-state index is 8.25. The van der Waals surface area contributed by atoms with Crippen LogP contribution in [0.5, 0.6) is 0 Å². The van der Waals surface area contributed by atoms with Crippen LogP contribution in [0.3, 0.4) is 0 Å². The molecule has 10 aromatic rings. The molecule has 0 spiro atoms. The van der Waals surface area contributed by atoms with E-state index in [0.29, 0.717) is 6.42 Å². The molecule has 0 bridgehead atoms. The highest BCUT2D eigenvalue weighted by atomic mass is 14.9. The molecule has 5 heterocycles. The van der Waals surface area contributed by atoms with Gasteiger partial charge in [0.05, 0.1) is 0 Å². The summed E-state index contributed by atoms with van der Waals surface area (Å²) in [5.74, 6) is 0. The molecule has 0 atom stereocenters. The first-order chi connectivity index (χ1) is 43.5. The molecule has 0 saturated carbocycles. The van der Waals surface area contributed by atoms with Gasteiger partial charge in [-0.3, -0.25) is 0 Å². The van der Waals surface area contributed by atoms with E-state index in [2.05, 4.69) is 256 Å². The van der Waals surface area contributed by atoms with E-state index in [4.69, 9.17) is 2.74 Å². The van der Waals surface area contributed by atoms with Gasteiger partial charge in [-0.25, -0.2) is 22.8 Å². The lowest BCUT2D eigenvalue weighted by atomic mass is 9.88. The van der Waals surface area contributed by atoms with Gasteiger partial charge in [0, 0.05) is 88.7 Å². The van der Waals surface area contributed by atoms with Crippen molar-refractivity contribution in [2.75, 3.05) is 0 Å². The standard InChI is InChI=1S/3C17H20N.2C16H18N.5CH4/c2*1-13-7-3-6-10-16(13)17-11-14-8-4-5-9-15(14)12-18(17)2;1-13-7-3-5-9-15(13)17-16-10-6-4-8-14(16)11-12-18(17)2;1-12-6-3-4-9-15(12)16-10-13-7-5-8-14(13)11-17(16)2;1-12-6-3-4-8-14(12)16-15-9-5-7-13(15)10-11-17(16)2;;;;;/h2*3,6-7,10-12H,4-5,8-9H2,1-2H3;3,5,7,9,11-12H,4,6,8,10H2,1-2H3;3-4,6,9-11H,5,7-8H2,1-2H3;3-4,6,8,10-11H,5,7,9H2,1-2H3;5*1H4/q5*+1;;;;;/i8D2;;;;;;;;;. The Labute approximate surface area is 567 Å². The van der Waals surface area contributed by atoms with E-state index in [1.54, 1.807) is 38.9 Å². The number of fused-ring (bicyclic) bond motifs is 5. The van der Waals surface area contributed by atoms with Gasteiger partial charge in [-0.1, -0.05) is 128 Å². The Morgan fingerprint density at radius 3 is 0.935 bits per heavy atom. The van der Waals surface area contributed by atoms with Crippen molar-refractivity contribution in [3.8, 4) is 56.3 Å². The molecule has 93 heavy (non-hydrogen) atoms. The molecule has 5 aromatic carbocycles. The molecule has 0 aliphatic heterocycles. The molecule has 5 nitrogen and oxygen atoms in total. The fourth-order valence-electron chi connectivity index (χ4n) is 14.4. The summed E-state index contributed by atoms with van der Waals surface area (Å²) >= 11 is 0. The highest BCUT2D eigenvalue weighted by Crippen LogP contribution is 2.34. The molecular weight excluding hydrogens is 1130 g/mol. The minimum Gasteiger partial charge on any atom is -0.201 e. The lowest BCUT2D eigenvalue weighted by Gasteiger charge is -2.17. The summed E-state index contributed by atoms with van der Waals surface area (Å²) in [6, 6.07) is 54.4. The van der Waals surface area contributed by atoms with Crippen LogP contribution in [0.15, 0.2) is 183 Å². The number of aryl methyl sites for hydroxylation is 18. The number of hydrogen-bond donors (Lipinski definition) is 0. The van der Waals surface area contributed by atoms with Gasteiger partial charge in [0.25, 0.3) is 0 Å². The van der Waals surface area contributed by atoms with Crippen LogP contribution in [-0.4, -0.2) is 0 Å². The largest absolute Gasteiger partial charge is 0.216 e. The lowest BCUT2D eigenvalue weighted by molar-refractivity contribution is -0.661. The third-order valence-corrected chi connectivity index (χ3v) is 19.3. The van der Waals surface area contributed by atoms with E-state index in [1.807, 2.05) is 19.2 Å². The molecule has 15 rings (SSSR count). The predicted octanol–water partition coefficient (Wildman–Crippen LogP) is 19.2. The number of hydrogen-bond acceptors (Lipinski definition) is 0. The molecule has 0 N–H and O–H groups in total. The fourth-order valence-corrected chi connectivity index (χ4v) is 14.4. The number of benzene rings is 5. The normalized spacial score (nSPS) is 14.2. The van der Waals surface area contributed by atoms with E-state index in [0.717, 1.165) is 29.7 Å². The first-order valence-electron chi connectivity index (χ1n) is 33.9. The van der Waals surface area contributed by atoms with Crippen molar-refractivity contribution in [3.63, 3.8) is 0 Å². The fraction of sp³-hybridized carbons (Fsp3) is 0.375. The van der Waals surface area contributed by atoms with E-state index >= 15 is 0 Å². The van der Waals surface area contributed by atoms with Crippen molar-refractivity contribution in [1.82, 2.24) is 0 Å². The maximum atomic E-state index is 8.25. The van der Waals surface area contributed by atoms with Crippen molar-refractivity contribution in [2.45, 2.75) is 187 Å². The highest BCUT2D eigenvalue weighted by molar-refractivity contribution is 5.68. The smallest absolute Gasteiger partial charge is 0.201 e. The second kappa shape index (κ2) is 34.1. The van der Waals surface area contributed by atoms with Gasteiger partial charge in [0.2, 0.25) is 28.5 Å². The second-order valence-corrected chi connectivity index (χ2v) is 25.6. The Hall–Kier alpha value is -8.15. The third-order valence-electron chi connectivity index (χ3n) is 19.3. The molecule has 5 aliphatic carbocycles. The van der Waals surface area contributed by atoms with Crippen LogP contribution in [0.4, 0.5) is 0 Å². The SMILES string of the molecule is C.C.C.C.C.Cc1ccccc1-c1c2c(cc[n+]1C)CCC2.Cc1ccccc1-c1c2c(cc[n+]1C)CCCC2.Cc1ccccc1-c1cc2c(c[n+]1C)CCC2.Cc1ccccc1-c1cc2c(c[n+]1C)CCCC2.[2H]C1([2H])CCCc2c[n+](C)c(-c3ccccc3C)cc21. The van der Waals surface area contributed by atoms with Crippen molar-refractivity contribution < 1.29 is 25.6 Å². The molecular formula is C88H116N5+5. The van der Waals surface area contributed by atoms with Gasteiger partial charge in [-0.05, 0) is 236 Å². The molecule has 5 heteroatoms. The van der Waals surface area contributed by atoms with Gasteiger partial charge in [0.15, 0.2) is 31.0 Å². The van der Waals surface area contributed by atoms with Gasteiger partial charge in [-0.15, -0.1) is 0 Å². The molecule has 0 unspecified atom stereocenters. The molecule has 5 aromatic heterocycles. The highest BCUT2D eigenvalue weighted by Gasteiger charge is 2.27. The third kappa shape index (κ3) is 17.0. The summed E-state index contributed by atoms with van der Waals surface area (Å²) in [6.45, 7) is 10.9. The number of nitrogens with zero attached hydrogens (tertiary/aromatic N) is 5.